The molecular weight excluding hydrogens is 146 g/mol. The average molecular weight is 169 g/mol. The molecular formula is C11H23N. The van der Waals surface area contributed by atoms with Crippen LogP contribution in [0.2, 0.25) is 0 Å². The molecule has 1 N–H and O–H groups in total. The minimum Gasteiger partial charge on any atom is -0.313 e. The van der Waals surface area contributed by atoms with Crippen LogP contribution in [0.25, 0.3) is 0 Å². The SMILES string of the molecule is C=C(C(CC)NC)C(C)C(C)C. The zero-order valence-corrected chi connectivity index (χ0v) is 9.15. The Morgan fingerprint density at radius 3 is 2.08 bits per heavy atom. The monoisotopic (exact) mass is 169 g/mol. The van der Waals surface area contributed by atoms with Crippen LogP contribution in [0.5, 0.6) is 0 Å². The molecule has 0 aromatic carbocycles. The Hall–Kier alpha value is -0.300. The first kappa shape index (κ1) is 11.7. The van der Waals surface area contributed by atoms with Gasteiger partial charge >= 0.3 is 0 Å². The van der Waals surface area contributed by atoms with Crippen molar-refractivity contribution in [1.29, 1.82) is 0 Å². The number of rotatable bonds is 5. The van der Waals surface area contributed by atoms with E-state index in [1.807, 2.05) is 7.05 Å². The second-order valence-electron chi connectivity index (χ2n) is 3.86. The first-order valence-corrected chi connectivity index (χ1v) is 4.90. The fraction of sp³-hybridized carbons (Fsp3) is 0.818. The minimum atomic E-state index is 0.488. The molecule has 2 atom stereocenters. The third-order valence-electron chi connectivity index (χ3n) is 2.79. The minimum absolute atomic E-state index is 0.488. The van der Waals surface area contributed by atoms with Gasteiger partial charge in [-0.2, -0.15) is 0 Å². The van der Waals surface area contributed by atoms with E-state index in [9.17, 15) is 0 Å². The van der Waals surface area contributed by atoms with E-state index in [1.54, 1.807) is 0 Å². The highest BCUT2D eigenvalue weighted by molar-refractivity contribution is 5.09. The van der Waals surface area contributed by atoms with Crippen LogP contribution in [0.3, 0.4) is 0 Å². The highest BCUT2D eigenvalue weighted by atomic mass is 14.9. The summed E-state index contributed by atoms with van der Waals surface area (Å²) in [6.45, 7) is 13.1. The van der Waals surface area contributed by atoms with Gasteiger partial charge < -0.3 is 5.32 Å². The summed E-state index contributed by atoms with van der Waals surface area (Å²) in [6, 6.07) is 0.488. The summed E-state index contributed by atoms with van der Waals surface area (Å²) >= 11 is 0. The van der Waals surface area contributed by atoms with Crippen LogP contribution in [0.15, 0.2) is 12.2 Å². The summed E-state index contributed by atoms with van der Waals surface area (Å²) in [6.07, 6.45) is 1.13. The standard InChI is InChI=1S/C11H23N/c1-7-11(12-6)10(5)9(4)8(2)3/h8-9,11-12H,5,7H2,1-4,6H3. The van der Waals surface area contributed by atoms with Crippen molar-refractivity contribution in [2.24, 2.45) is 11.8 Å². The van der Waals surface area contributed by atoms with E-state index in [0.717, 1.165) is 6.42 Å². The summed E-state index contributed by atoms with van der Waals surface area (Å²) in [7, 11) is 2.01. The van der Waals surface area contributed by atoms with Gasteiger partial charge in [-0.25, -0.2) is 0 Å². The average Bonchev–Trinajstić information content (AvgIpc) is 2.05. The fourth-order valence-corrected chi connectivity index (χ4v) is 1.40. The quantitative estimate of drug-likeness (QED) is 0.624. The first-order valence-electron chi connectivity index (χ1n) is 4.90. The van der Waals surface area contributed by atoms with Gasteiger partial charge in [-0.05, 0) is 25.3 Å². The molecule has 1 nitrogen and oxygen atoms in total. The zero-order chi connectivity index (χ0) is 9.72. The Kier molecular flexibility index (Phi) is 5.23. The third-order valence-corrected chi connectivity index (χ3v) is 2.79. The first-order chi connectivity index (χ1) is 5.54. The Bertz CT molecular complexity index is 130. The molecule has 0 aliphatic heterocycles. The fourth-order valence-electron chi connectivity index (χ4n) is 1.40. The van der Waals surface area contributed by atoms with E-state index >= 15 is 0 Å². The van der Waals surface area contributed by atoms with Crippen LogP contribution >= 0.6 is 0 Å². The van der Waals surface area contributed by atoms with Crippen LogP contribution in [-0.4, -0.2) is 13.1 Å². The van der Waals surface area contributed by atoms with E-state index in [-0.39, 0.29) is 0 Å². The molecule has 0 spiro atoms. The molecule has 2 unspecified atom stereocenters. The Balaban J connectivity index is 4.16. The molecule has 0 aliphatic carbocycles. The summed E-state index contributed by atoms with van der Waals surface area (Å²) in [4.78, 5) is 0. The summed E-state index contributed by atoms with van der Waals surface area (Å²) in [5.74, 6) is 1.31. The van der Waals surface area contributed by atoms with E-state index in [4.69, 9.17) is 0 Å². The lowest BCUT2D eigenvalue weighted by molar-refractivity contribution is 0.433. The van der Waals surface area contributed by atoms with Crippen molar-refractivity contribution in [3.8, 4) is 0 Å². The van der Waals surface area contributed by atoms with Gasteiger partial charge in [0, 0.05) is 6.04 Å². The maximum absolute atomic E-state index is 4.16. The van der Waals surface area contributed by atoms with E-state index in [1.165, 1.54) is 5.57 Å². The number of likely N-dealkylation sites (N-methyl/N-ethyl adjacent to an activating group) is 1. The molecule has 0 saturated carbocycles. The number of hydrogen-bond acceptors (Lipinski definition) is 1. The van der Waals surface area contributed by atoms with Gasteiger partial charge in [-0.3, -0.25) is 0 Å². The van der Waals surface area contributed by atoms with Gasteiger partial charge in [0.1, 0.15) is 0 Å². The molecule has 0 heterocycles. The number of hydrogen-bond donors (Lipinski definition) is 1. The van der Waals surface area contributed by atoms with Crippen molar-refractivity contribution in [2.75, 3.05) is 7.05 Å². The predicted octanol–water partition coefficient (Wildman–Crippen LogP) is 2.83. The maximum Gasteiger partial charge on any atom is 0.0274 e. The molecule has 0 aromatic rings. The maximum atomic E-state index is 4.16. The van der Waals surface area contributed by atoms with Crippen LogP contribution in [0.1, 0.15) is 34.1 Å². The van der Waals surface area contributed by atoms with Gasteiger partial charge in [0.2, 0.25) is 0 Å². The molecule has 0 amide bonds. The predicted molar refractivity (Wildman–Crippen MR) is 56.3 cm³/mol. The van der Waals surface area contributed by atoms with Gasteiger partial charge in [0.15, 0.2) is 0 Å². The topological polar surface area (TPSA) is 12.0 Å². The zero-order valence-electron chi connectivity index (χ0n) is 9.15. The second-order valence-corrected chi connectivity index (χ2v) is 3.86. The van der Waals surface area contributed by atoms with Crippen molar-refractivity contribution in [1.82, 2.24) is 5.32 Å². The summed E-state index contributed by atoms with van der Waals surface area (Å²) < 4.78 is 0. The van der Waals surface area contributed by atoms with Crippen LogP contribution in [0.4, 0.5) is 0 Å². The molecule has 12 heavy (non-hydrogen) atoms. The van der Waals surface area contributed by atoms with E-state index < -0.39 is 0 Å². The molecule has 72 valence electrons. The van der Waals surface area contributed by atoms with Gasteiger partial charge in [-0.15, -0.1) is 0 Å². The largest absolute Gasteiger partial charge is 0.313 e. The molecule has 0 bridgehead atoms. The molecule has 0 saturated heterocycles. The lowest BCUT2D eigenvalue weighted by Gasteiger charge is -2.25. The Labute approximate surface area is 77.2 Å². The van der Waals surface area contributed by atoms with Crippen molar-refractivity contribution in [2.45, 2.75) is 40.2 Å². The molecule has 0 fully saturated rings. The normalized spacial score (nSPS) is 16.2. The lowest BCUT2D eigenvalue weighted by Crippen LogP contribution is -2.30. The molecule has 0 aromatic heterocycles. The van der Waals surface area contributed by atoms with E-state index in [0.29, 0.717) is 17.9 Å². The van der Waals surface area contributed by atoms with Gasteiger partial charge in [-0.1, -0.05) is 39.8 Å². The van der Waals surface area contributed by atoms with Crippen molar-refractivity contribution < 1.29 is 0 Å². The van der Waals surface area contributed by atoms with Gasteiger partial charge in [0.25, 0.3) is 0 Å². The highest BCUT2D eigenvalue weighted by Crippen LogP contribution is 2.22. The van der Waals surface area contributed by atoms with Crippen molar-refractivity contribution in [3.63, 3.8) is 0 Å². The van der Waals surface area contributed by atoms with Crippen LogP contribution in [0, 0.1) is 11.8 Å². The van der Waals surface area contributed by atoms with Crippen LogP contribution < -0.4 is 5.32 Å². The van der Waals surface area contributed by atoms with E-state index in [2.05, 4.69) is 39.6 Å². The highest BCUT2D eigenvalue weighted by Gasteiger charge is 2.16. The van der Waals surface area contributed by atoms with Crippen molar-refractivity contribution in [3.05, 3.63) is 12.2 Å². The molecule has 0 rings (SSSR count). The molecule has 0 aliphatic rings. The Morgan fingerprint density at radius 1 is 1.33 bits per heavy atom. The lowest BCUT2D eigenvalue weighted by atomic mass is 9.86. The number of nitrogens with one attached hydrogen (secondary N) is 1. The molecule has 1 heteroatoms. The van der Waals surface area contributed by atoms with Gasteiger partial charge in [0.05, 0.1) is 0 Å². The third kappa shape index (κ3) is 2.98. The summed E-state index contributed by atoms with van der Waals surface area (Å²) in [5, 5.41) is 3.29. The second kappa shape index (κ2) is 5.36. The Morgan fingerprint density at radius 2 is 1.83 bits per heavy atom. The van der Waals surface area contributed by atoms with Crippen LogP contribution in [-0.2, 0) is 0 Å². The summed E-state index contributed by atoms with van der Waals surface area (Å²) in [5.41, 5.74) is 1.34. The smallest absolute Gasteiger partial charge is 0.0274 e. The van der Waals surface area contributed by atoms with Crippen molar-refractivity contribution >= 4 is 0 Å². The molecule has 0 radical (unpaired) electrons.